The van der Waals surface area contributed by atoms with Crippen LogP contribution in [0.3, 0.4) is 0 Å². The second-order valence-corrected chi connectivity index (χ2v) is 5.03. The van der Waals surface area contributed by atoms with Gasteiger partial charge in [-0.25, -0.2) is 0 Å². The van der Waals surface area contributed by atoms with Gasteiger partial charge in [-0.3, -0.25) is 0 Å². The Morgan fingerprint density at radius 2 is 2.28 bits per heavy atom. The van der Waals surface area contributed by atoms with E-state index in [0.717, 1.165) is 35.8 Å². The Morgan fingerprint density at radius 3 is 3.11 bits per heavy atom. The predicted octanol–water partition coefficient (Wildman–Crippen LogP) is 2.35. The number of rotatable bonds is 2. The fourth-order valence-electron chi connectivity index (χ4n) is 2.37. The van der Waals surface area contributed by atoms with Gasteiger partial charge in [-0.2, -0.15) is 0 Å². The maximum Gasteiger partial charge on any atom is 0.161 e. The van der Waals surface area contributed by atoms with Gasteiger partial charge >= 0.3 is 0 Å². The Bertz CT molecular complexity index is 567. The second kappa shape index (κ2) is 4.71. The molecule has 0 spiro atoms. The van der Waals surface area contributed by atoms with Crippen molar-refractivity contribution in [2.45, 2.75) is 31.9 Å². The summed E-state index contributed by atoms with van der Waals surface area (Å²) >= 11 is 5.97. The number of aliphatic hydroxyl groups is 1. The van der Waals surface area contributed by atoms with Crippen molar-refractivity contribution in [3.63, 3.8) is 0 Å². The lowest BCUT2D eigenvalue weighted by molar-refractivity contribution is 0.133. The first-order chi connectivity index (χ1) is 8.74. The highest BCUT2D eigenvalue weighted by Crippen LogP contribution is 2.25. The third-order valence-electron chi connectivity index (χ3n) is 3.26. The summed E-state index contributed by atoms with van der Waals surface area (Å²) in [5, 5.41) is 18.8. The molecule has 1 atom stereocenters. The summed E-state index contributed by atoms with van der Waals surface area (Å²) in [5.74, 6) is 1.59. The summed E-state index contributed by atoms with van der Waals surface area (Å²) in [6.45, 7) is 0.884. The van der Waals surface area contributed by atoms with E-state index in [4.69, 9.17) is 11.6 Å². The lowest BCUT2D eigenvalue weighted by Gasteiger charge is -2.19. The van der Waals surface area contributed by atoms with Crippen LogP contribution in [0.2, 0.25) is 5.02 Å². The molecule has 94 valence electrons. The molecule has 18 heavy (non-hydrogen) atoms. The van der Waals surface area contributed by atoms with Gasteiger partial charge < -0.3 is 9.67 Å². The van der Waals surface area contributed by atoms with E-state index in [0.29, 0.717) is 12.2 Å². The predicted molar refractivity (Wildman–Crippen MR) is 68.5 cm³/mol. The van der Waals surface area contributed by atoms with Crippen molar-refractivity contribution in [3.05, 3.63) is 46.5 Å². The lowest BCUT2D eigenvalue weighted by Crippen LogP contribution is -2.17. The number of fused-ring (bicyclic) bond motifs is 1. The molecular formula is C13H14ClN3O. The number of aliphatic hydroxyl groups excluding tert-OH is 1. The van der Waals surface area contributed by atoms with E-state index in [1.807, 2.05) is 28.8 Å². The third kappa shape index (κ3) is 2.13. The van der Waals surface area contributed by atoms with Crippen LogP contribution < -0.4 is 0 Å². The zero-order valence-electron chi connectivity index (χ0n) is 9.88. The second-order valence-electron chi connectivity index (χ2n) is 4.59. The van der Waals surface area contributed by atoms with Crippen LogP contribution in [-0.4, -0.2) is 19.9 Å². The van der Waals surface area contributed by atoms with E-state index in [2.05, 4.69) is 10.2 Å². The van der Waals surface area contributed by atoms with Gasteiger partial charge in [0.2, 0.25) is 0 Å². The molecule has 1 aliphatic heterocycles. The Labute approximate surface area is 110 Å². The Morgan fingerprint density at radius 1 is 1.39 bits per heavy atom. The SMILES string of the molecule is OC1CCCn2c(Cc3cccc(Cl)c3)nnc21. The van der Waals surface area contributed by atoms with Gasteiger partial charge in [0.15, 0.2) is 5.82 Å². The van der Waals surface area contributed by atoms with Crippen molar-refractivity contribution in [3.8, 4) is 0 Å². The Hall–Kier alpha value is -1.39. The Kier molecular flexibility index (Phi) is 3.06. The molecule has 5 heteroatoms. The molecule has 1 unspecified atom stereocenters. The van der Waals surface area contributed by atoms with Crippen LogP contribution in [0.4, 0.5) is 0 Å². The molecule has 0 saturated heterocycles. The largest absolute Gasteiger partial charge is 0.385 e. The van der Waals surface area contributed by atoms with Gasteiger partial charge in [0.25, 0.3) is 0 Å². The van der Waals surface area contributed by atoms with Gasteiger partial charge in [-0.1, -0.05) is 23.7 Å². The molecule has 0 saturated carbocycles. The highest BCUT2D eigenvalue weighted by atomic mass is 35.5. The third-order valence-corrected chi connectivity index (χ3v) is 3.50. The van der Waals surface area contributed by atoms with Crippen LogP contribution in [0.5, 0.6) is 0 Å². The standard InChI is InChI=1S/C13H14ClN3O/c14-10-4-1-3-9(7-10)8-12-15-16-13-11(18)5-2-6-17(12)13/h1,3-4,7,11,18H,2,5-6,8H2. The van der Waals surface area contributed by atoms with Crippen molar-refractivity contribution in [1.82, 2.24) is 14.8 Å². The van der Waals surface area contributed by atoms with Crippen LogP contribution in [-0.2, 0) is 13.0 Å². The van der Waals surface area contributed by atoms with E-state index in [-0.39, 0.29) is 0 Å². The molecule has 1 aromatic carbocycles. The van der Waals surface area contributed by atoms with E-state index in [9.17, 15) is 5.11 Å². The van der Waals surface area contributed by atoms with Gasteiger partial charge in [-0.05, 0) is 30.5 Å². The van der Waals surface area contributed by atoms with Gasteiger partial charge in [0, 0.05) is 18.0 Å². The molecule has 0 radical (unpaired) electrons. The number of aromatic nitrogens is 3. The topological polar surface area (TPSA) is 50.9 Å². The van der Waals surface area contributed by atoms with Crippen molar-refractivity contribution >= 4 is 11.6 Å². The summed E-state index contributed by atoms with van der Waals surface area (Å²) in [5.41, 5.74) is 1.11. The molecule has 3 rings (SSSR count). The smallest absolute Gasteiger partial charge is 0.161 e. The molecule has 4 nitrogen and oxygen atoms in total. The highest BCUT2D eigenvalue weighted by molar-refractivity contribution is 6.30. The Balaban J connectivity index is 1.90. The van der Waals surface area contributed by atoms with Crippen molar-refractivity contribution in [2.75, 3.05) is 0 Å². The molecule has 1 aromatic heterocycles. The molecule has 0 bridgehead atoms. The van der Waals surface area contributed by atoms with Crippen LogP contribution in [0, 0.1) is 0 Å². The fourth-order valence-corrected chi connectivity index (χ4v) is 2.58. The van der Waals surface area contributed by atoms with Gasteiger partial charge in [-0.15, -0.1) is 10.2 Å². The molecular weight excluding hydrogens is 250 g/mol. The lowest BCUT2D eigenvalue weighted by atomic mass is 10.1. The number of hydrogen-bond donors (Lipinski definition) is 1. The van der Waals surface area contributed by atoms with Crippen molar-refractivity contribution in [1.29, 1.82) is 0 Å². The quantitative estimate of drug-likeness (QED) is 0.905. The summed E-state index contributed by atoms with van der Waals surface area (Å²) < 4.78 is 2.02. The van der Waals surface area contributed by atoms with Crippen molar-refractivity contribution < 1.29 is 5.11 Å². The highest BCUT2D eigenvalue weighted by Gasteiger charge is 2.23. The summed E-state index contributed by atoms with van der Waals surface area (Å²) in [6, 6.07) is 7.74. The summed E-state index contributed by atoms with van der Waals surface area (Å²) in [7, 11) is 0. The number of benzene rings is 1. The monoisotopic (exact) mass is 263 g/mol. The zero-order chi connectivity index (χ0) is 12.5. The van der Waals surface area contributed by atoms with Crippen molar-refractivity contribution in [2.24, 2.45) is 0 Å². The molecule has 2 heterocycles. The maximum absolute atomic E-state index is 9.84. The van der Waals surface area contributed by atoms with Gasteiger partial charge in [0.1, 0.15) is 11.9 Å². The van der Waals surface area contributed by atoms with Crippen LogP contribution in [0.1, 0.15) is 36.2 Å². The number of nitrogens with zero attached hydrogens (tertiary/aromatic N) is 3. The molecule has 0 fully saturated rings. The normalized spacial score (nSPS) is 18.7. The molecule has 0 amide bonds. The molecule has 1 N–H and O–H groups in total. The average molecular weight is 264 g/mol. The van der Waals surface area contributed by atoms with E-state index in [1.165, 1.54) is 0 Å². The number of hydrogen-bond acceptors (Lipinski definition) is 3. The van der Waals surface area contributed by atoms with Crippen LogP contribution in [0.15, 0.2) is 24.3 Å². The summed E-state index contributed by atoms with van der Waals surface area (Å²) in [6.07, 6.45) is 1.96. The summed E-state index contributed by atoms with van der Waals surface area (Å²) in [4.78, 5) is 0. The first-order valence-electron chi connectivity index (χ1n) is 6.08. The fraction of sp³-hybridized carbons (Fsp3) is 0.385. The minimum Gasteiger partial charge on any atom is -0.385 e. The van der Waals surface area contributed by atoms with Gasteiger partial charge in [0.05, 0.1) is 0 Å². The minimum atomic E-state index is -0.473. The van der Waals surface area contributed by atoms with Crippen LogP contribution >= 0.6 is 11.6 Å². The van der Waals surface area contributed by atoms with E-state index >= 15 is 0 Å². The first-order valence-corrected chi connectivity index (χ1v) is 6.46. The average Bonchev–Trinajstić information content (AvgIpc) is 2.74. The molecule has 2 aromatic rings. The molecule has 1 aliphatic rings. The van der Waals surface area contributed by atoms with Crippen LogP contribution in [0.25, 0.3) is 0 Å². The minimum absolute atomic E-state index is 0.473. The van der Waals surface area contributed by atoms with E-state index < -0.39 is 6.10 Å². The molecule has 0 aliphatic carbocycles. The first kappa shape index (κ1) is 11.7. The zero-order valence-corrected chi connectivity index (χ0v) is 10.6. The van der Waals surface area contributed by atoms with E-state index in [1.54, 1.807) is 0 Å². The maximum atomic E-state index is 9.84. The number of halogens is 1.